The number of hydrogen-bond donors (Lipinski definition) is 2. The third-order valence-electron chi connectivity index (χ3n) is 2.79. The molecule has 0 aliphatic rings. The molecule has 4 nitrogen and oxygen atoms in total. The van der Waals surface area contributed by atoms with E-state index in [2.05, 4.69) is 4.98 Å². The number of alkyl halides is 3. The largest absolute Gasteiger partial charge is 0.417 e. The Labute approximate surface area is 118 Å². The first-order chi connectivity index (χ1) is 9.34. The van der Waals surface area contributed by atoms with Crippen molar-refractivity contribution in [3.63, 3.8) is 0 Å². The predicted molar refractivity (Wildman–Crippen MR) is 69.6 cm³/mol. The molecule has 8 heteroatoms. The van der Waals surface area contributed by atoms with Crippen molar-refractivity contribution in [1.82, 2.24) is 9.55 Å². The van der Waals surface area contributed by atoms with Crippen LogP contribution in [0.15, 0.2) is 30.6 Å². The van der Waals surface area contributed by atoms with Crippen molar-refractivity contribution in [2.45, 2.75) is 12.2 Å². The molecule has 0 aliphatic heterocycles. The fourth-order valence-electron chi connectivity index (χ4n) is 1.77. The van der Waals surface area contributed by atoms with Gasteiger partial charge in [0, 0.05) is 24.6 Å². The number of hydrogen-bond acceptors (Lipinski definition) is 3. The molecular formula is C12H12ClF3N4. The lowest BCUT2D eigenvalue weighted by atomic mass is 10.2. The molecule has 0 amide bonds. The lowest BCUT2D eigenvalue weighted by Gasteiger charge is -2.15. The average Bonchev–Trinajstić information content (AvgIpc) is 2.85. The Hall–Kier alpha value is -1.57. The number of rotatable bonds is 3. The number of pyridine rings is 1. The Bertz CT molecular complexity index is 609. The summed E-state index contributed by atoms with van der Waals surface area (Å²) in [6, 6.07) is 3.79. The van der Waals surface area contributed by atoms with Crippen molar-refractivity contribution in [3.05, 3.63) is 46.9 Å². The number of nitrogens with two attached hydrogens (primary N) is 2. The zero-order valence-corrected chi connectivity index (χ0v) is 11.0. The van der Waals surface area contributed by atoms with Crippen LogP contribution in [0.2, 0.25) is 5.02 Å². The zero-order valence-electron chi connectivity index (χ0n) is 10.2. The van der Waals surface area contributed by atoms with E-state index in [9.17, 15) is 13.2 Å². The molecule has 0 saturated heterocycles. The molecule has 0 spiro atoms. The molecule has 0 fully saturated rings. The van der Waals surface area contributed by atoms with Gasteiger partial charge in [-0.05, 0) is 18.2 Å². The van der Waals surface area contributed by atoms with Gasteiger partial charge in [0.05, 0.1) is 16.6 Å². The zero-order chi connectivity index (χ0) is 14.9. The van der Waals surface area contributed by atoms with E-state index in [0.717, 1.165) is 12.3 Å². The molecule has 0 saturated carbocycles. The fraction of sp³-hybridized carbons (Fsp3) is 0.250. The van der Waals surface area contributed by atoms with Crippen LogP contribution in [0.25, 0.3) is 5.82 Å². The number of nitrogens with zero attached hydrogens (tertiary/aromatic N) is 2. The summed E-state index contributed by atoms with van der Waals surface area (Å²) in [6.07, 6.45) is -2.13. The smallest absolute Gasteiger partial charge is 0.329 e. The molecule has 2 aromatic rings. The first-order valence-electron chi connectivity index (χ1n) is 5.70. The van der Waals surface area contributed by atoms with Gasteiger partial charge in [0.1, 0.15) is 0 Å². The lowest BCUT2D eigenvalue weighted by Crippen LogP contribution is -2.23. The number of aromatic nitrogens is 2. The summed E-state index contributed by atoms with van der Waals surface area (Å²) >= 11 is 5.89. The summed E-state index contributed by atoms with van der Waals surface area (Å²) < 4.78 is 39.2. The van der Waals surface area contributed by atoms with Crippen LogP contribution in [0.5, 0.6) is 0 Å². The first kappa shape index (κ1) is 14.8. The second kappa shape index (κ2) is 5.43. The molecule has 0 aliphatic carbocycles. The highest BCUT2D eigenvalue weighted by atomic mass is 35.5. The summed E-state index contributed by atoms with van der Waals surface area (Å²) in [7, 11) is 0. The van der Waals surface area contributed by atoms with E-state index < -0.39 is 17.8 Å². The second-order valence-electron chi connectivity index (χ2n) is 4.17. The summed E-state index contributed by atoms with van der Waals surface area (Å²) in [5, 5.41) is -0.110. The van der Waals surface area contributed by atoms with Gasteiger partial charge in [-0.15, -0.1) is 0 Å². The van der Waals surface area contributed by atoms with E-state index in [1.54, 1.807) is 18.3 Å². The summed E-state index contributed by atoms with van der Waals surface area (Å²) in [6.45, 7) is 0.197. The van der Waals surface area contributed by atoms with E-state index in [1.165, 1.54) is 4.57 Å². The van der Waals surface area contributed by atoms with Gasteiger partial charge < -0.3 is 16.0 Å². The van der Waals surface area contributed by atoms with Gasteiger partial charge >= 0.3 is 6.18 Å². The Balaban J connectivity index is 2.47. The Morgan fingerprint density at radius 1 is 1.40 bits per heavy atom. The molecule has 108 valence electrons. The van der Waals surface area contributed by atoms with Gasteiger partial charge in [-0.25, -0.2) is 4.98 Å². The number of halogens is 4. The van der Waals surface area contributed by atoms with E-state index in [0.29, 0.717) is 5.69 Å². The highest BCUT2D eigenvalue weighted by molar-refractivity contribution is 6.32. The van der Waals surface area contributed by atoms with Crippen molar-refractivity contribution in [1.29, 1.82) is 0 Å². The van der Waals surface area contributed by atoms with Crippen molar-refractivity contribution < 1.29 is 13.2 Å². The highest BCUT2D eigenvalue weighted by Gasteiger charge is 2.31. The normalized spacial score (nSPS) is 13.5. The maximum Gasteiger partial charge on any atom is 0.417 e. The molecule has 2 aromatic heterocycles. The SMILES string of the molecule is NCC(N)c1cccn1-c1ncc(C(F)(F)F)cc1Cl. The topological polar surface area (TPSA) is 69.9 Å². The molecule has 20 heavy (non-hydrogen) atoms. The van der Waals surface area contributed by atoms with Crippen LogP contribution in [0.1, 0.15) is 17.3 Å². The van der Waals surface area contributed by atoms with Crippen molar-refractivity contribution in [3.8, 4) is 5.82 Å². The van der Waals surface area contributed by atoms with Gasteiger partial charge in [-0.1, -0.05) is 11.6 Å². The van der Waals surface area contributed by atoms with Crippen molar-refractivity contribution in [2.24, 2.45) is 11.5 Å². The molecule has 2 heterocycles. The standard InChI is InChI=1S/C12H12ClF3N4/c13-8-4-7(12(14,15)16)6-19-11(8)20-3-1-2-10(20)9(18)5-17/h1-4,6,9H,5,17-18H2. The van der Waals surface area contributed by atoms with Crippen LogP contribution in [0.4, 0.5) is 13.2 Å². The van der Waals surface area contributed by atoms with Crippen LogP contribution in [-0.4, -0.2) is 16.1 Å². The van der Waals surface area contributed by atoms with Gasteiger partial charge in [-0.3, -0.25) is 0 Å². The van der Waals surface area contributed by atoms with Crippen molar-refractivity contribution >= 4 is 11.6 Å². The average molecular weight is 305 g/mol. The van der Waals surface area contributed by atoms with Gasteiger partial charge in [0.25, 0.3) is 0 Å². The maximum absolute atomic E-state index is 12.6. The van der Waals surface area contributed by atoms with E-state index >= 15 is 0 Å². The van der Waals surface area contributed by atoms with E-state index in [1.807, 2.05) is 0 Å². The molecule has 1 unspecified atom stereocenters. The van der Waals surface area contributed by atoms with Crippen LogP contribution < -0.4 is 11.5 Å². The Kier molecular flexibility index (Phi) is 4.03. The predicted octanol–water partition coefficient (Wildman–Crippen LogP) is 2.50. The first-order valence-corrected chi connectivity index (χ1v) is 6.08. The third kappa shape index (κ3) is 2.79. The molecule has 1 atom stereocenters. The lowest BCUT2D eigenvalue weighted by molar-refractivity contribution is -0.137. The minimum atomic E-state index is -4.48. The Morgan fingerprint density at radius 3 is 2.65 bits per heavy atom. The van der Waals surface area contributed by atoms with Crippen LogP contribution in [0, 0.1) is 0 Å². The summed E-state index contributed by atoms with van der Waals surface area (Å²) in [5.41, 5.74) is 11.0. The molecule has 0 bridgehead atoms. The molecule has 2 rings (SSSR count). The molecular weight excluding hydrogens is 293 g/mol. The second-order valence-corrected chi connectivity index (χ2v) is 4.58. The van der Waals surface area contributed by atoms with Crippen LogP contribution >= 0.6 is 11.6 Å². The van der Waals surface area contributed by atoms with Gasteiger partial charge in [0.2, 0.25) is 0 Å². The van der Waals surface area contributed by atoms with Crippen molar-refractivity contribution in [2.75, 3.05) is 6.54 Å². The third-order valence-corrected chi connectivity index (χ3v) is 3.07. The molecule has 4 N–H and O–H groups in total. The molecule has 0 aromatic carbocycles. The monoisotopic (exact) mass is 304 g/mol. The minimum absolute atomic E-state index is 0.110. The Morgan fingerprint density at radius 2 is 2.10 bits per heavy atom. The summed E-state index contributed by atoms with van der Waals surface area (Å²) in [4.78, 5) is 3.78. The van der Waals surface area contributed by atoms with E-state index in [4.69, 9.17) is 23.1 Å². The van der Waals surface area contributed by atoms with Crippen LogP contribution in [-0.2, 0) is 6.18 Å². The maximum atomic E-state index is 12.6. The highest BCUT2D eigenvalue weighted by Crippen LogP contribution is 2.32. The summed E-state index contributed by atoms with van der Waals surface area (Å²) in [5.74, 6) is 0.184. The van der Waals surface area contributed by atoms with Gasteiger partial charge in [0.15, 0.2) is 5.82 Å². The minimum Gasteiger partial charge on any atom is -0.329 e. The molecule has 0 radical (unpaired) electrons. The fourth-order valence-corrected chi connectivity index (χ4v) is 2.03. The van der Waals surface area contributed by atoms with Crippen LogP contribution in [0.3, 0.4) is 0 Å². The van der Waals surface area contributed by atoms with Gasteiger partial charge in [-0.2, -0.15) is 13.2 Å². The quantitative estimate of drug-likeness (QED) is 0.915. The van der Waals surface area contributed by atoms with E-state index in [-0.39, 0.29) is 17.4 Å².